The molecule has 0 heterocycles. The van der Waals surface area contributed by atoms with E-state index >= 15 is 0 Å². The van der Waals surface area contributed by atoms with Gasteiger partial charge in [0.05, 0.1) is 0 Å². The highest BCUT2D eigenvalue weighted by atomic mass is 16.2. The van der Waals surface area contributed by atoms with Gasteiger partial charge in [-0.1, -0.05) is 60.7 Å². The number of hydrogen-bond acceptors (Lipinski definition) is 2. The predicted octanol–water partition coefficient (Wildman–Crippen LogP) is 2.22. The number of benzene rings is 2. The van der Waals surface area contributed by atoms with Crippen molar-refractivity contribution in [2.75, 3.05) is 0 Å². The van der Waals surface area contributed by atoms with Gasteiger partial charge in [0.1, 0.15) is 0 Å². The van der Waals surface area contributed by atoms with Gasteiger partial charge < -0.3 is 0 Å². The molecule has 0 unspecified atom stereocenters. The molecular weight excluding hydrogens is 224 g/mol. The fraction of sp³-hybridized carbons (Fsp3) is 0. The lowest BCUT2D eigenvalue weighted by Crippen LogP contribution is -2.30. The Morgan fingerprint density at radius 2 is 1.50 bits per heavy atom. The number of hydrazine groups is 1. The number of carbonyl (C=O) groups is 1. The average Bonchev–Trinajstić information content (AvgIpc) is 2.46. The van der Waals surface area contributed by atoms with Crippen LogP contribution in [0, 0.1) is 0 Å². The minimum atomic E-state index is -0.301. The summed E-state index contributed by atoms with van der Waals surface area (Å²) in [5, 5.41) is 0. The summed E-state index contributed by atoms with van der Waals surface area (Å²) in [5.74, 6) is 4.92. The van der Waals surface area contributed by atoms with Gasteiger partial charge in [-0.05, 0) is 17.2 Å². The Morgan fingerprint density at radius 1 is 0.944 bits per heavy atom. The first-order chi connectivity index (χ1) is 8.81. The zero-order chi connectivity index (χ0) is 12.8. The molecule has 0 fully saturated rings. The van der Waals surface area contributed by atoms with Gasteiger partial charge in [-0.15, -0.1) is 0 Å². The summed E-state index contributed by atoms with van der Waals surface area (Å²) >= 11 is 0. The van der Waals surface area contributed by atoms with E-state index in [0.717, 1.165) is 11.1 Å². The quantitative estimate of drug-likeness (QED) is 0.283. The standard InChI is InChI=1S/C15H14N2O/c16-17-15(18)14(13-9-5-2-6-10-13)11-12-7-3-1-4-8-12/h1-11H,16H2,(H,17,18)/b14-11-. The highest BCUT2D eigenvalue weighted by molar-refractivity contribution is 6.23. The van der Waals surface area contributed by atoms with Gasteiger partial charge in [-0.25, -0.2) is 5.84 Å². The van der Waals surface area contributed by atoms with Crippen LogP contribution < -0.4 is 11.3 Å². The topological polar surface area (TPSA) is 55.1 Å². The van der Waals surface area contributed by atoms with Crippen molar-refractivity contribution < 1.29 is 4.79 Å². The van der Waals surface area contributed by atoms with Crippen LogP contribution in [-0.4, -0.2) is 5.91 Å². The Morgan fingerprint density at radius 3 is 2.06 bits per heavy atom. The third kappa shape index (κ3) is 2.84. The maximum atomic E-state index is 11.8. The van der Waals surface area contributed by atoms with Crippen LogP contribution in [0.15, 0.2) is 60.7 Å². The predicted molar refractivity (Wildman–Crippen MR) is 73.1 cm³/mol. The van der Waals surface area contributed by atoms with Gasteiger partial charge in [-0.3, -0.25) is 10.2 Å². The van der Waals surface area contributed by atoms with E-state index in [0.29, 0.717) is 5.57 Å². The summed E-state index contributed by atoms with van der Waals surface area (Å²) in [6.07, 6.45) is 1.82. The fourth-order valence-electron chi connectivity index (χ4n) is 1.69. The van der Waals surface area contributed by atoms with Gasteiger partial charge in [0, 0.05) is 5.57 Å². The minimum absolute atomic E-state index is 0.301. The fourth-order valence-corrected chi connectivity index (χ4v) is 1.69. The van der Waals surface area contributed by atoms with E-state index in [9.17, 15) is 4.79 Å². The molecule has 0 aliphatic carbocycles. The van der Waals surface area contributed by atoms with Crippen molar-refractivity contribution in [3.63, 3.8) is 0 Å². The van der Waals surface area contributed by atoms with Gasteiger partial charge in [0.2, 0.25) is 0 Å². The minimum Gasteiger partial charge on any atom is -0.290 e. The lowest BCUT2D eigenvalue weighted by Gasteiger charge is -2.06. The molecule has 0 aliphatic rings. The monoisotopic (exact) mass is 238 g/mol. The molecule has 0 aromatic heterocycles. The lowest BCUT2D eigenvalue weighted by molar-refractivity contribution is -0.115. The Bertz CT molecular complexity index is 547. The van der Waals surface area contributed by atoms with E-state index in [2.05, 4.69) is 5.43 Å². The van der Waals surface area contributed by atoms with Crippen LogP contribution in [0.1, 0.15) is 11.1 Å². The van der Waals surface area contributed by atoms with Crippen LogP contribution in [0.4, 0.5) is 0 Å². The molecule has 0 radical (unpaired) electrons. The first-order valence-electron chi connectivity index (χ1n) is 5.64. The molecule has 3 nitrogen and oxygen atoms in total. The van der Waals surface area contributed by atoms with E-state index in [1.807, 2.05) is 66.7 Å². The molecule has 0 spiro atoms. The maximum absolute atomic E-state index is 11.8. The second-order valence-electron chi connectivity index (χ2n) is 3.81. The third-order valence-corrected chi connectivity index (χ3v) is 2.57. The van der Waals surface area contributed by atoms with Crippen molar-refractivity contribution >= 4 is 17.6 Å². The molecule has 0 saturated heterocycles. The van der Waals surface area contributed by atoms with Crippen LogP contribution in [0.5, 0.6) is 0 Å². The highest BCUT2D eigenvalue weighted by Gasteiger charge is 2.09. The molecule has 1 amide bonds. The van der Waals surface area contributed by atoms with Crippen molar-refractivity contribution in [1.82, 2.24) is 5.43 Å². The van der Waals surface area contributed by atoms with E-state index in [1.54, 1.807) is 0 Å². The number of nitrogens with two attached hydrogens (primary N) is 1. The molecule has 3 N–H and O–H groups in total. The van der Waals surface area contributed by atoms with E-state index in [-0.39, 0.29) is 5.91 Å². The summed E-state index contributed by atoms with van der Waals surface area (Å²) in [4.78, 5) is 11.8. The van der Waals surface area contributed by atoms with Gasteiger partial charge in [0.25, 0.3) is 5.91 Å². The Balaban J connectivity index is 2.44. The summed E-state index contributed by atoms with van der Waals surface area (Å²) in [6, 6.07) is 19.1. The van der Waals surface area contributed by atoms with Crippen molar-refractivity contribution in [3.05, 3.63) is 71.8 Å². The number of hydrogen-bond donors (Lipinski definition) is 2. The van der Waals surface area contributed by atoms with Crippen LogP contribution in [0.2, 0.25) is 0 Å². The Kier molecular flexibility index (Phi) is 3.89. The van der Waals surface area contributed by atoms with Crippen molar-refractivity contribution in [1.29, 1.82) is 0 Å². The normalized spacial score (nSPS) is 11.1. The maximum Gasteiger partial charge on any atom is 0.265 e. The lowest BCUT2D eigenvalue weighted by atomic mass is 10.0. The molecular formula is C15H14N2O. The molecule has 0 saturated carbocycles. The Hall–Kier alpha value is -2.39. The van der Waals surface area contributed by atoms with Crippen LogP contribution in [0.25, 0.3) is 11.6 Å². The molecule has 2 rings (SSSR count). The molecule has 0 atom stereocenters. The van der Waals surface area contributed by atoms with Gasteiger partial charge >= 0.3 is 0 Å². The molecule has 0 aliphatic heterocycles. The summed E-state index contributed by atoms with van der Waals surface area (Å²) in [7, 11) is 0. The first kappa shape index (κ1) is 12.1. The zero-order valence-electron chi connectivity index (χ0n) is 9.84. The van der Waals surface area contributed by atoms with Crippen molar-refractivity contribution in [2.45, 2.75) is 0 Å². The second-order valence-corrected chi connectivity index (χ2v) is 3.81. The van der Waals surface area contributed by atoms with Crippen LogP contribution in [0.3, 0.4) is 0 Å². The first-order valence-corrected chi connectivity index (χ1v) is 5.64. The molecule has 90 valence electrons. The van der Waals surface area contributed by atoms with Crippen molar-refractivity contribution in [2.24, 2.45) is 5.84 Å². The Labute approximate surface area is 106 Å². The van der Waals surface area contributed by atoms with Gasteiger partial charge in [0.15, 0.2) is 0 Å². The summed E-state index contributed by atoms with van der Waals surface area (Å²) < 4.78 is 0. The number of carbonyl (C=O) groups excluding carboxylic acids is 1. The molecule has 0 bridgehead atoms. The van der Waals surface area contributed by atoms with Crippen molar-refractivity contribution in [3.8, 4) is 0 Å². The van der Waals surface area contributed by atoms with E-state index < -0.39 is 0 Å². The number of rotatable bonds is 3. The molecule has 2 aromatic rings. The summed E-state index contributed by atoms with van der Waals surface area (Å²) in [6.45, 7) is 0. The van der Waals surface area contributed by atoms with E-state index in [4.69, 9.17) is 5.84 Å². The molecule has 2 aromatic carbocycles. The zero-order valence-corrected chi connectivity index (χ0v) is 9.84. The molecule has 3 heteroatoms. The van der Waals surface area contributed by atoms with Crippen LogP contribution >= 0.6 is 0 Å². The summed E-state index contributed by atoms with van der Waals surface area (Å²) in [5.41, 5.74) is 4.52. The largest absolute Gasteiger partial charge is 0.290 e. The third-order valence-electron chi connectivity index (χ3n) is 2.57. The number of amides is 1. The smallest absolute Gasteiger partial charge is 0.265 e. The average molecular weight is 238 g/mol. The molecule has 18 heavy (non-hydrogen) atoms. The SMILES string of the molecule is NNC(=O)/C(=C\c1ccccc1)c1ccccc1. The van der Waals surface area contributed by atoms with Crippen LogP contribution in [-0.2, 0) is 4.79 Å². The van der Waals surface area contributed by atoms with E-state index in [1.165, 1.54) is 0 Å². The number of nitrogens with one attached hydrogen (secondary N) is 1. The second kappa shape index (κ2) is 5.80. The van der Waals surface area contributed by atoms with Gasteiger partial charge in [-0.2, -0.15) is 0 Å². The highest BCUT2D eigenvalue weighted by Crippen LogP contribution is 2.18.